The number of hydrogen-bond donors (Lipinski definition) is 0. The summed E-state index contributed by atoms with van der Waals surface area (Å²) in [7, 11) is 2.07. The fourth-order valence-electron chi connectivity index (χ4n) is 7.08. The van der Waals surface area contributed by atoms with E-state index in [0.29, 0.717) is 5.56 Å². The fourth-order valence-corrected chi connectivity index (χ4v) is 7.08. The molecular formula is C40H45F3NO+. The Hall–Kier alpha value is -3.60. The summed E-state index contributed by atoms with van der Waals surface area (Å²) >= 11 is 0. The summed E-state index contributed by atoms with van der Waals surface area (Å²) in [6.07, 6.45) is -0.459. The van der Waals surface area contributed by atoms with Crippen LogP contribution >= 0.6 is 0 Å². The van der Waals surface area contributed by atoms with Crippen molar-refractivity contribution in [3.63, 3.8) is 0 Å². The Morgan fingerprint density at radius 3 is 1.96 bits per heavy atom. The smallest absolute Gasteiger partial charge is 0.394 e. The molecule has 0 unspecified atom stereocenters. The second kappa shape index (κ2) is 10.2. The molecule has 1 aromatic heterocycles. The maximum atomic E-state index is 13.8. The van der Waals surface area contributed by atoms with Crippen molar-refractivity contribution in [1.29, 1.82) is 0 Å². The van der Waals surface area contributed by atoms with E-state index in [2.05, 4.69) is 96.6 Å². The number of halogens is 3. The van der Waals surface area contributed by atoms with Crippen molar-refractivity contribution in [1.82, 2.24) is 0 Å². The molecule has 0 N–H and O–H groups in total. The number of hydrogen-bond acceptors (Lipinski definition) is 1. The van der Waals surface area contributed by atoms with Crippen LogP contribution < -0.4 is 9.30 Å². The third-order valence-electron chi connectivity index (χ3n) is 9.26. The maximum Gasteiger partial charge on any atom is 0.394 e. The number of aromatic nitrogens is 1. The number of pyridine rings is 1. The Balaban J connectivity index is 1.65. The van der Waals surface area contributed by atoms with Crippen LogP contribution in [0, 0.1) is 23.2 Å². The summed E-state index contributed by atoms with van der Waals surface area (Å²) in [4.78, 5) is 0. The van der Waals surface area contributed by atoms with Gasteiger partial charge < -0.3 is 4.74 Å². The van der Waals surface area contributed by atoms with Gasteiger partial charge in [-0.3, -0.25) is 0 Å². The number of nitrogens with zero attached hydrogens (tertiary/aromatic N) is 1. The first-order valence-corrected chi connectivity index (χ1v) is 16.0. The number of benzene rings is 4. The Morgan fingerprint density at radius 2 is 1.31 bits per heavy atom. The van der Waals surface area contributed by atoms with Gasteiger partial charge in [0.25, 0.3) is 0 Å². The Morgan fingerprint density at radius 1 is 0.689 bits per heavy atom. The van der Waals surface area contributed by atoms with Gasteiger partial charge in [0.05, 0.1) is 16.4 Å². The molecular weight excluding hydrogens is 567 g/mol. The van der Waals surface area contributed by atoms with Crippen LogP contribution in [-0.4, -0.2) is 6.18 Å². The SMILES string of the molecule is Cc1c2c(c(CC(C)(C)C)c3ccc(CC(C)(C)C)cc13)Oc1cc3ccc(CC(C)(C)C(F)(F)F)cc3c3cc[n+](C)c-2c13. The molecule has 4 aromatic carbocycles. The van der Waals surface area contributed by atoms with Crippen LogP contribution in [0.15, 0.2) is 54.7 Å². The zero-order chi connectivity index (χ0) is 32.9. The molecule has 6 rings (SSSR count). The van der Waals surface area contributed by atoms with Gasteiger partial charge in [0.2, 0.25) is 5.69 Å². The molecule has 0 saturated carbocycles. The van der Waals surface area contributed by atoms with Gasteiger partial charge in [0.1, 0.15) is 18.5 Å². The third kappa shape index (κ3) is 5.57. The Labute approximate surface area is 265 Å². The molecule has 5 heteroatoms. The van der Waals surface area contributed by atoms with E-state index >= 15 is 0 Å². The molecule has 0 saturated heterocycles. The summed E-state index contributed by atoms with van der Waals surface area (Å²) < 4.78 is 50.6. The first-order valence-electron chi connectivity index (χ1n) is 16.0. The lowest BCUT2D eigenvalue weighted by Gasteiger charge is -2.29. The van der Waals surface area contributed by atoms with Crippen LogP contribution in [0.25, 0.3) is 43.6 Å². The minimum atomic E-state index is -4.29. The third-order valence-corrected chi connectivity index (χ3v) is 9.26. The van der Waals surface area contributed by atoms with E-state index in [4.69, 9.17) is 4.74 Å². The molecule has 0 spiro atoms. The van der Waals surface area contributed by atoms with Crippen molar-refractivity contribution in [2.24, 2.45) is 23.3 Å². The van der Waals surface area contributed by atoms with E-state index in [9.17, 15) is 13.2 Å². The molecule has 5 aromatic rings. The lowest BCUT2D eigenvalue weighted by Crippen LogP contribution is -2.34. The van der Waals surface area contributed by atoms with Crippen LogP contribution in [0.4, 0.5) is 13.2 Å². The van der Waals surface area contributed by atoms with Crippen LogP contribution in [-0.2, 0) is 26.3 Å². The molecule has 0 atom stereocenters. The lowest BCUT2D eigenvalue weighted by molar-refractivity contribution is -0.659. The number of aryl methyl sites for hydroxylation is 2. The lowest BCUT2D eigenvalue weighted by atomic mass is 9.80. The number of alkyl halides is 3. The largest absolute Gasteiger partial charge is 0.455 e. The highest BCUT2D eigenvalue weighted by Crippen LogP contribution is 2.53. The summed E-state index contributed by atoms with van der Waals surface area (Å²) in [5.41, 5.74) is 4.95. The molecule has 45 heavy (non-hydrogen) atoms. The van der Waals surface area contributed by atoms with E-state index in [1.807, 2.05) is 18.2 Å². The predicted octanol–water partition coefficient (Wildman–Crippen LogP) is 11.4. The second-order valence-corrected chi connectivity index (χ2v) is 16.3. The predicted molar refractivity (Wildman–Crippen MR) is 180 cm³/mol. The van der Waals surface area contributed by atoms with E-state index in [1.54, 1.807) is 0 Å². The van der Waals surface area contributed by atoms with Gasteiger partial charge in [-0.2, -0.15) is 13.2 Å². The van der Waals surface area contributed by atoms with Gasteiger partial charge in [-0.1, -0.05) is 91.8 Å². The summed E-state index contributed by atoms with van der Waals surface area (Å²) in [6, 6.07) is 16.8. The van der Waals surface area contributed by atoms with Gasteiger partial charge >= 0.3 is 6.18 Å². The second-order valence-electron chi connectivity index (χ2n) is 16.3. The minimum Gasteiger partial charge on any atom is -0.455 e. The number of ether oxygens (including phenoxy) is 1. The Bertz CT molecular complexity index is 2000. The normalized spacial score (nSPS) is 13.9. The zero-order valence-corrected chi connectivity index (χ0v) is 28.3. The minimum absolute atomic E-state index is 0.0296. The molecule has 236 valence electrons. The molecule has 1 aliphatic rings. The molecule has 0 radical (unpaired) electrons. The molecule has 2 heterocycles. The topological polar surface area (TPSA) is 13.1 Å². The number of fused-ring (bicyclic) bond motifs is 5. The molecule has 0 amide bonds. The van der Waals surface area contributed by atoms with Gasteiger partial charge in [0.15, 0.2) is 6.20 Å². The summed E-state index contributed by atoms with van der Waals surface area (Å²) in [5.74, 6) is 1.70. The number of rotatable bonds is 4. The van der Waals surface area contributed by atoms with Crippen LogP contribution in [0.5, 0.6) is 11.5 Å². The van der Waals surface area contributed by atoms with Crippen LogP contribution in [0.2, 0.25) is 0 Å². The van der Waals surface area contributed by atoms with E-state index < -0.39 is 11.6 Å². The van der Waals surface area contributed by atoms with E-state index in [-0.39, 0.29) is 17.3 Å². The van der Waals surface area contributed by atoms with E-state index in [1.165, 1.54) is 41.3 Å². The van der Waals surface area contributed by atoms with Crippen molar-refractivity contribution in [2.45, 2.75) is 87.8 Å². The molecule has 1 aliphatic heterocycles. The monoisotopic (exact) mass is 612 g/mol. The van der Waals surface area contributed by atoms with Crippen LogP contribution in [0.1, 0.15) is 77.6 Å². The maximum absolute atomic E-state index is 13.8. The zero-order valence-electron chi connectivity index (χ0n) is 28.3. The van der Waals surface area contributed by atoms with E-state index in [0.717, 1.165) is 57.1 Å². The van der Waals surface area contributed by atoms with Gasteiger partial charge in [0, 0.05) is 17.0 Å². The van der Waals surface area contributed by atoms with Crippen molar-refractivity contribution >= 4 is 32.3 Å². The molecule has 0 aliphatic carbocycles. The van der Waals surface area contributed by atoms with Crippen molar-refractivity contribution < 1.29 is 22.5 Å². The van der Waals surface area contributed by atoms with Gasteiger partial charge in [-0.25, -0.2) is 4.57 Å². The fraction of sp³-hybridized carbons (Fsp3) is 0.425. The average molecular weight is 613 g/mol. The molecule has 0 bridgehead atoms. The Kier molecular flexibility index (Phi) is 7.12. The van der Waals surface area contributed by atoms with Crippen LogP contribution in [0.3, 0.4) is 0 Å². The standard InChI is InChI=1S/C40H45F3NO/c1-23-29-17-24(20-37(2,3)4)12-14-27(29)31(22-38(5,6)7)36-33(23)35-34-28(15-16-44(35)10)30-18-25(21-39(8,9)40(41,42)43)11-13-26(30)19-32(34)45-36/h11-19H,20-22H2,1-10H3/q+1. The van der Waals surface area contributed by atoms with Crippen molar-refractivity contribution in [3.8, 4) is 22.8 Å². The molecule has 0 fully saturated rings. The average Bonchev–Trinajstić information content (AvgIpc) is 2.90. The first kappa shape index (κ1) is 31.4. The highest BCUT2D eigenvalue weighted by Gasteiger charge is 2.47. The summed E-state index contributed by atoms with van der Waals surface area (Å²) in [5, 5.41) is 6.37. The highest BCUT2D eigenvalue weighted by atomic mass is 19.4. The van der Waals surface area contributed by atoms with Crippen molar-refractivity contribution in [3.05, 3.63) is 77.0 Å². The highest BCUT2D eigenvalue weighted by molar-refractivity contribution is 6.16. The van der Waals surface area contributed by atoms with Crippen molar-refractivity contribution in [2.75, 3.05) is 0 Å². The van der Waals surface area contributed by atoms with Gasteiger partial charge in [-0.15, -0.1) is 0 Å². The van der Waals surface area contributed by atoms with Gasteiger partial charge in [-0.05, 0) is 81.3 Å². The first-order chi connectivity index (χ1) is 20.7. The summed E-state index contributed by atoms with van der Waals surface area (Å²) in [6.45, 7) is 18.4. The molecule has 2 nitrogen and oxygen atoms in total. The quantitative estimate of drug-likeness (QED) is 0.143.